The Hall–Kier alpha value is -1.54. The summed E-state index contributed by atoms with van der Waals surface area (Å²) in [6.45, 7) is 10.5. The van der Waals surface area contributed by atoms with Gasteiger partial charge >= 0.3 is 0 Å². The molecule has 0 radical (unpaired) electrons. The number of benzene rings is 1. The Morgan fingerprint density at radius 3 is 2.64 bits per heavy atom. The fourth-order valence-corrected chi connectivity index (χ4v) is 5.01. The maximum atomic E-state index is 4.26. The van der Waals surface area contributed by atoms with Crippen LogP contribution >= 0.6 is 0 Å². The first-order valence-electron chi connectivity index (χ1n) is 10.2. The van der Waals surface area contributed by atoms with Crippen molar-refractivity contribution < 1.29 is 0 Å². The summed E-state index contributed by atoms with van der Waals surface area (Å²) in [5.74, 6) is 0.917. The van der Waals surface area contributed by atoms with Crippen LogP contribution in [-0.2, 0) is 19.4 Å². The van der Waals surface area contributed by atoms with Gasteiger partial charge in [0.15, 0.2) is 0 Å². The Morgan fingerprint density at radius 1 is 1.00 bits per heavy atom. The molecule has 1 unspecified atom stereocenters. The first kappa shape index (κ1) is 16.9. The van der Waals surface area contributed by atoms with E-state index in [9.17, 15) is 0 Å². The van der Waals surface area contributed by atoms with Gasteiger partial charge in [-0.05, 0) is 48.3 Å². The zero-order valence-electron chi connectivity index (χ0n) is 15.5. The normalized spacial score (nSPS) is 25.5. The quantitative estimate of drug-likeness (QED) is 0.840. The molecule has 0 amide bonds. The second-order valence-corrected chi connectivity index (χ2v) is 8.34. The van der Waals surface area contributed by atoms with Gasteiger partial charge in [-0.1, -0.05) is 63.5 Å². The van der Waals surface area contributed by atoms with E-state index in [1.807, 2.05) is 0 Å². The third-order valence-corrected chi connectivity index (χ3v) is 6.46. The van der Waals surface area contributed by atoms with E-state index in [0.717, 1.165) is 43.2 Å². The number of fused-ring (bicyclic) bond motifs is 1. The first-order valence-corrected chi connectivity index (χ1v) is 10.2. The van der Waals surface area contributed by atoms with Crippen LogP contribution in [0.25, 0.3) is 0 Å². The SMILES string of the molecule is C=C1CCC(N2CCc3ccc(CC4CCCCC4)cc3C2)C(=C)N1. The Morgan fingerprint density at radius 2 is 1.84 bits per heavy atom. The summed E-state index contributed by atoms with van der Waals surface area (Å²) >= 11 is 0. The maximum Gasteiger partial charge on any atom is 0.0499 e. The molecule has 1 aromatic carbocycles. The summed E-state index contributed by atoms with van der Waals surface area (Å²) in [7, 11) is 0. The van der Waals surface area contributed by atoms with Crippen molar-refractivity contribution in [3.8, 4) is 0 Å². The Kier molecular flexibility index (Phi) is 4.98. The van der Waals surface area contributed by atoms with Crippen molar-refractivity contribution in [2.45, 2.75) is 70.4 Å². The van der Waals surface area contributed by atoms with Crippen molar-refractivity contribution in [3.05, 3.63) is 59.4 Å². The van der Waals surface area contributed by atoms with Gasteiger partial charge in [-0.3, -0.25) is 4.90 Å². The standard InChI is InChI=1S/C23H32N2/c1-17-8-11-23(18(2)24-17)25-13-12-21-10-9-20(15-22(21)16-25)14-19-6-4-3-5-7-19/h9-10,15,19,23-24H,1-8,11-14,16H2. The zero-order valence-corrected chi connectivity index (χ0v) is 15.5. The largest absolute Gasteiger partial charge is 0.362 e. The number of nitrogens with zero attached hydrogens (tertiary/aromatic N) is 1. The highest BCUT2D eigenvalue weighted by molar-refractivity contribution is 5.35. The third-order valence-electron chi connectivity index (χ3n) is 6.46. The average molecular weight is 337 g/mol. The lowest BCUT2D eigenvalue weighted by Gasteiger charge is -2.39. The van der Waals surface area contributed by atoms with Crippen LogP contribution in [0.15, 0.2) is 42.8 Å². The molecule has 2 heteroatoms. The molecule has 1 aliphatic carbocycles. The van der Waals surface area contributed by atoms with Crippen molar-refractivity contribution in [1.82, 2.24) is 10.2 Å². The Bertz CT molecular complexity index is 654. The van der Waals surface area contributed by atoms with Crippen LogP contribution in [-0.4, -0.2) is 17.5 Å². The first-order chi connectivity index (χ1) is 12.2. The molecule has 2 fully saturated rings. The Labute approximate surface area is 153 Å². The van der Waals surface area contributed by atoms with Crippen molar-refractivity contribution in [3.63, 3.8) is 0 Å². The summed E-state index contributed by atoms with van der Waals surface area (Å²) in [6, 6.07) is 7.77. The van der Waals surface area contributed by atoms with Gasteiger partial charge in [-0.2, -0.15) is 0 Å². The lowest BCUT2D eigenvalue weighted by Crippen LogP contribution is -2.45. The molecular weight excluding hydrogens is 304 g/mol. The topological polar surface area (TPSA) is 15.3 Å². The highest BCUT2D eigenvalue weighted by Gasteiger charge is 2.28. The van der Waals surface area contributed by atoms with Gasteiger partial charge in [0.05, 0.1) is 0 Å². The summed E-state index contributed by atoms with van der Waals surface area (Å²) in [5, 5.41) is 3.39. The molecular formula is C23H32N2. The van der Waals surface area contributed by atoms with E-state index >= 15 is 0 Å². The van der Waals surface area contributed by atoms with E-state index in [2.05, 4.69) is 41.6 Å². The lowest BCUT2D eigenvalue weighted by molar-refractivity contribution is 0.182. The molecule has 0 bridgehead atoms. The van der Waals surface area contributed by atoms with E-state index in [1.54, 1.807) is 16.7 Å². The second-order valence-electron chi connectivity index (χ2n) is 8.34. The van der Waals surface area contributed by atoms with Crippen molar-refractivity contribution in [2.75, 3.05) is 6.54 Å². The van der Waals surface area contributed by atoms with Crippen LogP contribution in [0.1, 0.15) is 61.6 Å². The number of hydrogen-bond acceptors (Lipinski definition) is 2. The minimum absolute atomic E-state index is 0.459. The van der Waals surface area contributed by atoms with Crippen molar-refractivity contribution >= 4 is 0 Å². The molecule has 2 nitrogen and oxygen atoms in total. The number of piperidine rings is 1. The Balaban J connectivity index is 1.45. The summed E-state index contributed by atoms with van der Waals surface area (Å²) in [5.41, 5.74) is 6.92. The van der Waals surface area contributed by atoms with Gasteiger partial charge in [0.1, 0.15) is 0 Å². The van der Waals surface area contributed by atoms with Gasteiger partial charge in [0.25, 0.3) is 0 Å². The molecule has 3 aliphatic rings. The summed E-state index contributed by atoms with van der Waals surface area (Å²) in [6.07, 6.45) is 11.9. The molecule has 0 spiro atoms. The second kappa shape index (κ2) is 7.37. The summed E-state index contributed by atoms with van der Waals surface area (Å²) in [4.78, 5) is 2.62. The van der Waals surface area contributed by atoms with Gasteiger partial charge in [-0.25, -0.2) is 0 Å². The van der Waals surface area contributed by atoms with Crippen LogP contribution in [0.4, 0.5) is 0 Å². The third kappa shape index (κ3) is 3.84. The number of rotatable bonds is 3. The highest BCUT2D eigenvalue weighted by atomic mass is 15.2. The van der Waals surface area contributed by atoms with Gasteiger partial charge in [0.2, 0.25) is 0 Å². The van der Waals surface area contributed by atoms with Crippen LogP contribution in [0.3, 0.4) is 0 Å². The van der Waals surface area contributed by atoms with Gasteiger partial charge < -0.3 is 5.32 Å². The van der Waals surface area contributed by atoms with Crippen LogP contribution < -0.4 is 5.32 Å². The van der Waals surface area contributed by atoms with E-state index in [1.165, 1.54) is 44.9 Å². The molecule has 1 aromatic rings. The fraction of sp³-hybridized carbons (Fsp3) is 0.565. The smallest absolute Gasteiger partial charge is 0.0499 e. The fourth-order valence-electron chi connectivity index (χ4n) is 5.01. The zero-order chi connectivity index (χ0) is 17.2. The average Bonchev–Trinajstić information content (AvgIpc) is 2.62. The van der Waals surface area contributed by atoms with Crippen molar-refractivity contribution in [1.29, 1.82) is 0 Å². The highest BCUT2D eigenvalue weighted by Crippen LogP contribution is 2.30. The molecule has 1 saturated heterocycles. The molecule has 2 heterocycles. The molecule has 0 aromatic heterocycles. The van der Waals surface area contributed by atoms with E-state index in [0.29, 0.717) is 6.04 Å². The molecule has 1 atom stereocenters. The predicted octanol–water partition coefficient (Wildman–Crippen LogP) is 4.95. The molecule has 2 aliphatic heterocycles. The number of allylic oxidation sites excluding steroid dienone is 1. The monoisotopic (exact) mass is 336 g/mol. The van der Waals surface area contributed by atoms with Gasteiger partial charge in [-0.15, -0.1) is 0 Å². The minimum atomic E-state index is 0.459. The van der Waals surface area contributed by atoms with Crippen molar-refractivity contribution in [2.24, 2.45) is 5.92 Å². The predicted molar refractivity (Wildman–Crippen MR) is 105 cm³/mol. The molecule has 1 saturated carbocycles. The van der Waals surface area contributed by atoms with E-state index in [-0.39, 0.29) is 0 Å². The van der Waals surface area contributed by atoms with Gasteiger partial charge in [0, 0.05) is 30.5 Å². The van der Waals surface area contributed by atoms with Crippen LogP contribution in [0.2, 0.25) is 0 Å². The van der Waals surface area contributed by atoms with E-state index in [4.69, 9.17) is 0 Å². The lowest BCUT2D eigenvalue weighted by atomic mass is 9.84. The molecule has 4 rings (SSSR count). The maximum absolute atomic E-state index is 4.26. The van der Waals surface area contributed by atoms with E-state index < -0.39 is 0 Å². The number of hydrogen-bond donors (Lipinski definition) is 1. The number of nitrogens with one attached hydrogen (secondary N) is 1. The summed E-state index contributed by atoms with van der Waals surface area (Å²) < 4.78 is 0. The molecule has 1 N–H and O–H groups in total. The molecule has 25 heavy (non-hydrogen) atoms. The van der Waals surface area contributed by atoms with Crippen LogP contribution in [0, 0.1) is 5.92 Å². The molecule has 134 valence electrons. The van der Waals surface area contributed by atoms with Crippen LogP contribution in [0.5, 0.6) is 0 Å². The minimum Gasteiger partial charge on any atom is -0.362 e.